The number of nitrogens with one attached hydrogen (secondary N) is 1. The van der Waals surface area contributed by atoms with Crippen LogP contribution in [0.2, 0.25) is 0 Å². The standard InChI is InChI=1S/C14H20N2O/c1-11-2-3-13-12(8-11)9-15-10-14(13)16-4-6-17-7-5-16/h2-3,8,14-15H,4-7,9-10H2,1H3. The molecule has 1 fully saturated rings. The highest BCUT2D eigenvalue weighted by Gasteiger charge is 2.26. The zero-order chi connectivity index (χ0) is 11.7. The van der Waals surface area contributed by atoms with Crippen LogP contribution in [0, 0.1) is 6.92 Å². The predicted octanol–water partition coefficient (Wildman–Crippen LogP) is 1.47. The Balaban J connectivity index is 1.88. The highest BCUT2D eigenvalue weighted by atomic mass is 16.5. The number of rotatable bonds is 1. The van der Waals surface area contributed by atoms with Gasteiger partial charge in [0.15, 0.2) is 0 Å². The summed E-state index contributed by atoms with van der Waals surface area (Å²) >= 11 is 0. The van der Waals surface area contributed by atoms with Gasteiger partial charge in [0.25, 0.3) is 0 Å². The van der Waals surface area contributed by atoms with Crippen molar-refractivity contribution in [3.8, 4) is 0 Å². The molecule has 3 rings (SSSR count). The number of morpholine rings is 1. The van der Waals surface area contributed by atoms with Crippen molar-refractivity contribution in [3.63, 3.8) is 0 Å². The molecule has 92 valence electrons. The van der Waals surface area contributed by atoms with Gasteiger partial charge in [0, 0.05) is 32.2 Å². The third-order valence-electron chi connectivity index (χ3n) is 3.80. The number of hydrogen-bond acceptors (Lipinski definition) is 3. The number of hydrogen-bond donors (Lipinski definition) is 1. The van der Waals surface area contributed by atoms with E-state index in [9.17, 15) is 0 Å². The summed E-state index contributed by atoms with van der Waals surface area (Å²) in [7, 11) is 0. The topological polar surface area (TPSA) is 24.5 Å². The van der Waals surface area contributed by atoms with Gasteiger partial charge in [-0.3, -0.25) is 4.90 Å². The summed E-state index contributed by atoms with van der Waals surface area (Å²) in [5.74, 6) is 0. The van der Waals surface area contributed by atoms with Crippen LogP contribution in [-0.4, -0.2) is 37.7 Å². The Bertz CT molecular complexity index is 399. The van der Waals surface area contributed by atoms with E-state index >= 15 is 0 Å². The van der Waals surface area contributed by atoms with Crippen LogP contribution in [0.25, 0.3) is 0 Å². The third-order valence-corrected chi connectivity index (χ3v) is 3.80. The van der Waals surface area contributed by atoms with Crippen molar-refractivity contribution < 1.29 is 4.74 Å². The molecular weight excluding hydrogens is 212 g/mol. The molecule has 0 aromatic heterocycles. The van der Waals surface area contributed by atoms with Gasteiger partial charge in [-0.25, -0.2) is 0 Å². The minimum Gasteiger partial charge on any atom is -0.379 e. The van der Waals surface area contributed by atoms with Crippen LogP contribution in [0.1, 0.15) is 22.7 Å². The second-order valence-electron chi connectivity index (χ2n) is 5.00. The van der Waals surface area contributed by atoms with Gasteiger partial charge < -0.3 is 10.1 Å². The van der Waals surface area contributed by atoms with E-state index in [1.165, 1.54) is 16.7 Å². The van der Waals surface area contributed by atoms with Gasteiger partial charge in [-0.05, 0) is 18.1 Å². The summed E-state index contributed by atoms with van der Waals surface area (Å²) in [4.78, 5) is 2.55. The smallest absolute Gasteiger partial charge is 0.0594 e. The predicted molar refractivity (Wildman–Crippen MR) is 68.0 cm³/mol. The first kappa shape index (κ1) is 11.2. The van der Waals surface area contributed by atoms with Crippen molar-refractivity contribution in [2.24, 2.45) is 0 Å². The minimum atomic E-state index is 0.531. The number of nitrogens with zero attached hydrogens (tertiary/aromatic N) is 1. The summed E-state index contributed by atoms with van der Waals surface area (Å²) in [6, 6.07) is 7.39. The summed E-state index contributed by atoms with van der Waals surface area (Å²) < 4.78 is 5.44. The van der Waals surface area contributed by atoms with Gasteiger partial charge in [0.2, 0.25) is 0 Å². The fourth-order valence-electron chi connectivity index (χ4n) is 2.88. The van der Waals surface area contributed by atoms with Gasteiger partial charge in [-0.1, -0.05) is 23.8 Å². The summed E-state index contributed by atoms with van der Waals surface area (Å²) in [6.07, 6.45) is 0. The zero-order valence-corrected chi connectivity index (χ0v) is 10.4. The van der Waals surface area contributed by atoms with Crippen molar-refractivity contribution in [1.29, 1.82) is 0 Å². The van der Waals surface area contributed by atoms with Crippen molar-refractivity contribution in [1.82, 2.24) is 10.2 Å². The van der Waals surface area contributed by atoms with Crippen LogP contribution in [0.15, 0.2) is 18.2 Å². The lowest BCUT2D eigenvalue weighted by molar-refractivity contribution is 0.0146. The quantitative estimate of drug-likeness (QED) is 0.793. The Hall–Kier alpha value is -0.900. The number of benzene rings is 1. The minimum absolute atomic E-state index is 0.531. The monoisotopic (exact) mass is 232 g/mol. The maximum atomic E-state index is 5.44. The maximum absolute atomic E-state index is 5.44. The highest BCUT2D eigenvalue weighted by molar-refractivity contribution is 5.35. The van der Waals surface area contributed by atoms with Crippen LogP contribution in [0.5, 0.6) is 0 Å². The molecule has 2 aliphatic heterocycles. The molecule has 0 bridgehead atoms. The van der Waals surface area contributed by atoms with E-state index in [2.05, 4.69) is 35.3 Å². The molecule has 2 heterocycles. The lowest BCUT2D eigenvalue weighted by atomic mass is 9.94. The first-order valence-electron chi connectivity index (χ1n) is 6.46. The molecule has 0 saturated carbocycles. The molecule has 0 aliphatic carbocycles. The SMILES string of the molecule is Cc1ccc2c(c1)CNCC2N1CCOCC1. The fraction of sp³-hybridized carbons (Fsp3) is 0.571. The van der Waals surface area contributed by atoms with E-state index in [0.717, 1.165) is 39.4 Å². The summed E-state index contributed by atoms with van der Waals surface area (Å²) in [5.41, 5.74) is 4.33. The second kappa shape index (κ2) is 4.77. The molecular formula is C14H20N2O. The van der Waals surface area contributed by atoms with Crippen LogP contribution in [-0.2, 0) is 11.3 Å². The van der Waals surface area contributed by atoms with E-state index in [1.807, 2.05) is 0 Å². The molecule has 1 aromatic rings. The van der Waals surface area contributed by atoms with Gasteiger partial charge in [-0.2, -0.15) is 0 Å². The number of aryl methyl sites for hydroxylation is 1. The zero-order valence-electron chi connectivity index (χ0n) is 10.4. The highest BCUT2D eigenvalue weighted by Crippen LogP contribution is 2.28. The molecule has 0 radical (unpaired) electrons. The first-order chi connectivity index (χ1) is 8.34. The average Bonchev–Trinajstić information content (AvgIpc) is 2.39. The van der Waals surface area contributed by atoms with E-state index < -0.39 is 0 Å². The van der Waals surface area contributed by atoms with E-state index in [0.29, 0.717) is 6.04 Å². The Kier molecular flexibility index (Phi) is 3.14. The van der Waals surface area contributed by atoms with E-state index in [1.54, 1.807) is 0 Å². The largest absolute Gasteiger partial charge is 0.379 e. The summed E-state index contributed by atoms with van der Waals surface area (Å²) in [5, 5.41) is 3.53. The number of fused-ring (bicyclic) bond motifs is 1. The van der Waals surface area contributed by atoms with Crippen LogP contribution < -0.4 is 5.32 Å². The van der Waals surface area contributed by atoms with Crippen molar-refractivity contribution in [3.05, 3.63) is 34.9 Å². The maximum Gasteiger partial charge on any atom is 0.0594 e. The van der Waals surface area contributed by atoms with Gasteiger partial charge in [0.05, 0.1) is 13.2 Å². The molecule has 1 saturated heterocycles. The molecule has 2 aliphatic rings. The van der Waals surface area contributed by atoms with Crippen LogP contribution >= 0.6 is 0 Å². The molecule has 0 amide bonds. The Morgan fingerprint density at radius 1 is 1.29 bits per heavy atom. The Labute approximate surface area is 103 Å². The first-order valence-corrected chi connectivity index (χ1v) is 6.46. The van der Waals surface area contributed by atoms with Crippen LogP contribution in [0.3, 0.4) is 0 Å². The lowest BCUT2D eigenvalue weighted by Crippen LogP contribution is -2.45. The van der Waals surface area contributed by atoms with Crippen LogP contribution in [0.4, 0.5) is 0 Å². The van der Waals surface area contributed by atoms with Gasteiger partial charge >= 0.3 is 0 Å². The Morgan fingerprint density at radius 3 is 2.94 bits per heavy atom. The molecule has 3 nitrogen and oxygen atoms in total. The third kappa shape index (κ3) is 2.23. The normalized spacial score (nSPS) is 25.6. The van der Waals surface area contributed by atoms with Crippen molar-refractivity contribution >= 4 is 0 Å². The van der Waals surface area contributed by atoms with E-state index in [4.69, 9.17) is 4.74 Å². The molecule has 1 aromatic carbocycles. The molecule has 3 heteroatoms. The van der Waals surface area contributed by atoms with E-state index in [-0.39, 0.29) is 0 Å². The van der Waals surface area contributed by atoms with Crippen molar-refractivity contribution in [2.75, 3.05) is 32.8 Å². The molecule has 0 spiro atoms. The molecule has 1 N–H and O–H groups in total. The van der Waals surface area contributed by atoms with Gasteiger partial charge in [-0.15, -0.1) is 0 Å². The van der Waals surface area contributed by atoms with Gasteiger partial charge in [0.1, 0.15) is 0 Å². The summed E-state index contributed by atoms with van der Waals surface area (Å²) in [6.45, 7) is 8.10. The fourth-order valence-corrected chi connectivity index (χ4v) is 2.88. The molecule has 1 unspecified atom stereocenters. The lowest BCUT2D eigenvalue weighted by Gasteiger charge is -2.38. The Morgan fingerprint density at radius 2 is 2.12 bits per heavy atom. The average molecular weight is 232 g/mol. The second-order valence-corrected chi connectivity index (χ2v) is 5.00. The van der Waals surface area contributed by atoms with Crippen molar-refractivity contribution in [2.45, 2.75) is 19.5 Å². The molecule has 17 heavy (non-hydrogen) atoms. The number of ether oxygens (including phenoxy) is 1. The molecule has 1 atom stereocenters.